The van der Waals surface area contributed by atoms with Crippen LogP contribution in [0.15, 0.2) is 126 Å². The van der Waals surface area contributed by atoms with Crippen molar-refractivity contribution in [3.63, 3.8) is 0 Å². The average molecular weight is 536 g/mol. The molecule has 0 saturated carbocycles. The number of hydrogen-bond acceptors (Lipinski definition) is 4. The van der Waals surface area contributed by atoms with Crippen LogP contribution in [-0.2, 0) is 0 Å². The van der Waals surface area contributed by atoms with E-state index in [1.807, 2.05) is 24.4 Å². The van der Waals surface area contributed by atoms with Crippen molar-refractivity contribution in [3.8, 4) is 38.6 Å². The van der Waals surface area contributed by atoms with Gasteiger partial charge >= 0.3 is 0 Å². The number of thiophene rings is 1. The van der Waals surface area contributed by atoms with Crippen LogP contribution in [0, 0.1) is 0 Å². The van der Waals surface area contributed by atoms with E-state index in [1.165, 1.54) is 37.6 Å². The Kier molecular flexibility index (Phi) is 5.18. The van der Waals surface area contributed by atoms with Crippen LogP contribution in [0.2, 0.25) is 0 Å². The lowest BCUT2D eigenvalue weighted by atomic mass is 10.0. The molecule has 4 aromatic heterocycles. The fourth-order valence-corrected chi connectivity index (χ4v) is 7.02. The SMILES string of the molecule is c1ccc(-c2cc(-c3ccsc3)cc(-n3c4ccccc4c4ccc(-c5nc6ccccc6s5)cc43)c2)nc1. The van der Waals surface area contributed by atoms with E-state index in [0.717, 1.165) is 33.0 Å². The van der Waals surface area contributed by atoms with E-state index in [0.29, 0.717) is 0 Å². The molecule has 4 heterocycles. The Balaban J connectivity index is 1.41. The molecular formula is C34H21N3S2. The number of thiazole rings is 1. The van der Waals surface area contributed by atoms with Gasteiger partial charge in [-0.25, -0.2) is 4.98 Å². The predicted octanol–water partition coefficient (Wildman–Crippen LogP) is 9.85. The molecule has 0 N–H and O–H groups in total. The summed E-state index contributed by atoms with van der Waals surface area (Å²) in [5.41, 5.74) is 10.1. The average Bonchev–Trinajstić information content (AvgIpc) is 3.75. The lowest BCUT2D eigenvalue weighted by Crippen LogP contribution is -1.96. The predicted molar refractivity (Wildman–Crippen MR) is 166 cm³/mol. The lowest BCUT2D eigenvalue weighted by Gasteiger charge is -2.13. The van der Waals surface area contributed by atoms with Gasteiger partial charge in [-0.05, 0) is 82.6 Å². The molecular weight excluding hydrogens is 515 g/mol. The fourth-order valence-electron chi connectivity index (χ4n) is 5.39. The van der Waals surface area contributed by atoms with E-state index >= 15 is 0 Å². The lowest BCUT2D eigenvalue weighted by molar-refractivity contribution is 1.18. The Morgan fingerprint density at radius 2 is 1.46 bits per heavy atom. The molecule has 3 nitrogen and oxygen atoms in total. The van der Waals surface area contributed by atoms with Gasteiger partial charge in [0, 0.05) is 33.8 Å². The van der Waals surface area contributed by atoms with Gasteiger partial charge in [-0.3, -0.25) is 4.98 Å². The first-order valence-corrected chi connectivity index (χ1v) is 14.6. The summed E-state index contributed by atoms with van der Waals surface area (Å²) in [5.74, 6) is 0. The summed E-state index contributed by atoms with van der Waals surface area (Å²) in [6, 6.07) is 38.8. The minimum atomic E-state index is 0.965. The van der Waals surface area contributed by atoms with E-state index in [9.17, 15) is 0 Å². The Hall–Kier alpha value is -4.58. The van der Waals surface area contributed by atoms with Crippen molar-refractivity contribution in [1.82, 2.24) is 14.5 Å². The molecule has 0 aliphatic carbocycles. The standard InChI is InChI=1S/C34H21N3S2/c1-3-10-31-27(7-1)28-13-12-22(34-36-30-9-2-4-11-33(30)39-34)20-32(28)37(31)26-18-24(23-14-16-38-21-23)17-25(19-26)29-8-5-6-15-35-29/h1-21H. The minimum absolute atomic E-state index is 0.965. The van der Waals surface area contributed by atoms with Crippen molar-refractivity contribution >= 4 is 54.7 Å². The number of aromatic nitrogens is 3. The first-order chi connectivity index (χ1) is 19.3. The van der Waals surface area contributed by atoms with Crippen LogP contribution >= 0.6 is 22.7 Å². The van der Waals surface area contributed by atoms with Gasteiger partial charge in [0.15, 0.2) is 0 Å². The monoisotopic (exact) mass is 535 g/mol. The number of benzene rings is 4. The van der Waals surface area contributed by atoms with Gasteiger partial charge in [-0.1, -0.05) is 48.5 Å². The first kappa shape index (κ1) is 22.4. The Morgan fingerprint density at radius 1 is 0.615 bits per heavy atom. The normalized spacial score (nSPS) is 11.6. The maximum atomic E-state index is 4.95. The van der Waals surface area contributed by atoms with E-state index in [2.05, 4.69) is 111 Å². The van der Waals surface area contributed by atoms with Crippen LogP contribution in [0.1, 0.15) is 0 Å². The van der Waals surface area contributed by atoms with Gasteiger partial charge in [0.05, 0.1) is 26.9 Å². The van der Waals surface area contributed by atoms with Crippen LogP contribution in [0.25, 0.3) is 70.7 Å². The summed E-state index contributed by atoms with van der Waals surface area (Å²) in [4.78, 5) is 9.63. The molecule has 0 atom stereocenters. The second-order valence-electron chi connectivity index (χ2n) is 9.57. The summed E-state index contributed by atoms with van der Waals surface area (Å²) < 4.78 is 3.60. The highest BCUT2D eigenvalue weighted by molar-refractivity contribution is 7.21. The van der Waals surface area contributed by atoms with Gasteiger partial charge in [0.25, 0.3) is 0 Å². The molecule has 8 rings (SSSR count). The second kappa shape index (κ2) is 9.02. The zero-order valence-corrected chi connectivity index (χ0v) is 22.4. The molecule has 0 bridgehead atoms. The molecule has 8 aromatic rings. The topological polar surface area (TPSA) is 30.7 Å². The molecule has 39 heavy (non-hydrogen) atoms. The molecule has 4 aromatic carbocycles. The van der Waals surface area contributed by atoms with Crippen molar-refractivity contribution in [2.75, 3.05) is 0 Å². The highest BCUT2D eigenvalue weighted by Crippen LogP contribution is 2.38. The van der Waals surface area contributed by atoms with Crippen LogP contribution in [0.4, 0.5) is 0 Å². The molecule has 184 valence electrons. The van der Waals surface area contributed by atoms with Crippen LogP contribution in [0.3, 0.4) is 0 Å². The van der Waals surface area contributed by atoms with Crippen molar-refractivity contribution in [2.45, 2.75) is 0 Å². The fraction of sp³-hybridized carbons (Fsp3) is 0. The van der Waals surface area contributed by atoms with Gasteiger partial charge in [0.1, 0.15) is 5.01 Å². The number of rotatable bonds is 4. The van der Waals surface area contributed by atoms with Crippen LogP contribution < -0.4 is 0 Å². The zero-order chi connectivity index (χ0) is 25.8. The third-order valence-electron chi connectivity index (χ3n) is 7.21. The van der Waals surface area contributed by atoms with Crippen molar-refractivity contribution < 1.29 is 0 Å². The maximum Gasteiger partial charge on any atom is 0.124 e. The second-order valence-corrected chi connectivity index (χ2v) is 11.4. The first-order valence-electron chi connectivity index (χ1n) is 12.8. The highest BCUT2D eigenvalue weighted by atomic mass is 32.1. The molecule has 0 spiro atoms. The summed E-state index contributed by atoms with van der Waals surface area (Å²) >= 11 is 3.46. The van der Waals surface area contributed by atoms with E-state index in [-0.39, 0.29) is 0 Å². The number of nitrogens with zero attached hydrogens (tertiary/aromatic N) is 3. The van der Waals surface area contributed by atoms with Crippen LogP contribution in [-0.4, -0.2) is 14.5 Å². The summed E-state index contributed by atoms with van der Waals surface area (Å²) in [6.07, 6.45) is 1.86. The molecule has 0 saturated heterocycles. The number of fused-ring (bicyclic) bond motifs is 4. The highest BCUT2D eigenvalue weighted by Gasteiger charge is 2.16. The summed E-state index contributed by atoms with van der Waals surface area (Å²) in [6.45, 7) is 0. The van der Waals surface area contributed by atoms with E-state index < -0.39 is 0 Å². The van der Waals surface area contributed by atoms with Gasteiger partial charge < -0.3 is 4.57 Å². The smallest absolute Gasteiger partial charge is 0.124 e. The molecule has 0 aliphatic rings. The largest absolute Gasteiger partial charge is 0.309 e. The molecule has 5 heteroatoms. The molecule has 0 unspecified atom stereocenters. The van der Waals surface area contributed by atoms with Gasteiger partial charge in [-0.2, -0.15) is 11.3 Å². The van der Waals surface area contributed by atoms with Crippen LogP contribution in [0.5, 0.6) is 0 Å². The van der Waals surface area contributed by atoms with Crippen molar-refractivity contribution in [2.24, 2.45) is 0 Å². The third kappa shape index (κ3) is 3.78. The number of pyridine rings is 1. The Bertz CT molecular complexity index is 2090. The number of hydrogen-bond donors (Lipinski definition) is 0. The van der Waals surface area contributed by atoms with Crippen molar-refractivity contribution in [1.29, 1.82) is 0 Å². The summed E-state index contributed by atoms with van der Waals surface area (Å²) in [7, 11) is 0. The maximum absolute atomic E-state index is 4.95. The molecule has 0 amide bonds. The third-order valence-corrected chi connectivity index (χ3v) is 8.97. The van der Waals surface area contributed by atoms with Crippen molar-refractivity contribution in [3.05, 3.63) is 126 Å². The minimum Gasteiger partial charge on any atom is -0.309 e. The Labute approximate surface area is 233 Å². The molecule has 0 fully saturated rings. The Morgan fingerprint density at radius 3 is 2.33 bits per heavy atom. The van der Waals surface area contributed by atoms with Gasteiger partial charge in [-0.15, -0.1) is 11.3 Å². The molecule has 0 radical (unpaired) electrons. The van der Waals surface area contributed by atoms with E-state index in [1.54, 1.807) is 22.7 Å². The zero-order valence-electron chi connectivity index (χ0n) is 20.8. The molecule has 0 aliphatic heterocycles. The quantitative estimate of drug-likeness (QED) is 0.224. The summed E-state index contributed by atoms with van der Waals surface area (Å²) in [5, 5.41) is 7.85. The number of para-hydroxylation sites is 2. The van der Waals surface area contributed by atoms with Gasteiger partial charge in [0.2, 0.25) is 0 Å². The van der Waals surface area contributed by atoms with E-state index in [4.69, 9.17) is 4.98 Å².